The van der Waals surface area contributed by atoms with Crippen LogP contribution >= 0.6 is 0 Å². The molecule has 172 valence electrons. The smallest absolute Gasteiger partial charge is 0.233 e. The standard InChI is InChI=1S/C19H30F2N8O2/c20-11-5-25-18(26-6-11)15(17(22)23)19(30)27-14-8-24-7-13(21)16(14)29-3-1-28(2-4-29)12-9-31-10-12/h7-8,11-12,15,17-18,25-26H,1-6,9-10,22-23H2,(H,27,30). The van der Waals surface area contributed by atoms with E-state index in [1.165, 1.54) is 6.20 Å². The van der Waals surface area contributed by atoms with Crippen molar-refractivity contribution in [3.8, 4) is 0 Å². The van der Waals surface area contributed by atoms with Gasteiger partial charge in [-0.15, -0.1) is 0 Å². The Hall–Kier alpha value is -1.96. The minimum Gasteiger partial charge on any atom is -0.378 e. The average molecular weight is 440 g/mol. The number of nitrogens with two attached hydrogens (primary N) is 2. The van der Waals surface area contributed by atoms with Crippen LogP contribution < -0.4 is 32.3 Å². The molecule has 0 spiro atoms. The highest BCUT2D eigenvalue weighted by Crippen LogP contribution is 2.30. The minimum atomic E-state index is -1.06. The first kappa shape index (κ1) is 22.2. The first-order chi connectivity index (χ1) is 14.9. The number of carbonyl (C=O) groups excluding carboxylic acids is 1. The second-order valence-corrected chi connectivity index (χ2v) is 8.22. The molecule has 0 aliphatic carbocycles. The summed E-state index contributed by atoms with van der Waals surface area (Å²) in [6.07, 6.45) is -0.0989. The summed E-state index contributed by atoms with van der Waals surface area (Å²) in [6, 6.07) is 0.426. The van der Waals surface area contributed by atoms with Crippen molar-refractivity contribution < 1.29 is 18.3 Å². The molecule has 3 saturated heterocycles. The Bertz CT molecular complexity index is 765. The van der Waals surface area contributed by atoms with Crippen LogP contribution in [0.25, 0.3) is 0 Å². The molecule has 3 aliphatic rings. The predicted molar refractivity (Wildman–Crippen MR) is 112 cm³/mol. The second kappa shape index (κ2) is 9.67. The van der Waals surface area contributed by atoms with E-state index >= 15 is 0 Å². The van der Waals surface area contributed by atoms with Gasteiger partial charge in [0.05, 0.1) is 55.6 Å². The van der Waals surface area contributed by atoms with Gasteiger partial charge in [-0.05, 0) is 0 Å². The van der Waals surface area contributed by atoms with E-state index in [1.54, 1.807) is 0 Å². The number of rotatable bonds is 6. The van der Waals surface area contributed by atoms with Crippen molar-refractivity contribution in [2.75, 3.05) is 62.7 Å². The minimum absolute atomic E-state index is 0.0945. The molecule has 0 bridgehead atoms. The zero-order valence-electron chi connectivity index (χ0n) is 17.3. The third-order valence-electron chi connectivity index (χ3n) is 6.09. The molecule has 4 rings (SSSR count). The topological polar surface area (TPSA) is 134 Å². The number of halogens is 2. The number of pyridine rings is 1. The van der Waals surface area contributed by atoms with E-state index in [4.69, 9.17) is 16.2 Å². The number of amides is 1. The lowest BCUT2D eigenvalue weighted by Crippen LogP contribution is -2.64. The molecular formula is C19H30F2N8O2. The number of hydrogen-bond donors (Lipinski definition) is 5. The third kappa shape index (κ3) is 4.94. The molecule has 7 N–H and O–H groups in total. The van der Waals surface area contributed by atoms with Gasteiger partial charge in [-0.3, -0.25) is 25.3 Å². The molecule has 31 heavy (non-hydrogen) atoms. The Balaban J connectivity index is 1.46. The number of ether oxygens (including phenoxy) is 1. The summed E-state index contributed by atoms with van der Waals surface area (Å²) in [5, 5.41) is 8.56. The fraction of sp³-hybridized carbons (Fsp3) is 0.684. The molecule has 12 heteroatoms. The molecule has 1 aromatic rings. The summed E-state index contributed by atoms with van der Waals surface area (Å²) in [6.45, 7) is 4.44. The molecular weight excluding hydrogens is 410 g/mol. The number of nitrogens with zero attached hydrogens (tertiary/aromatic N) is 3. The number of hydrogen-bond acceptors (Lipinski definition) is 9. The van der Waals surface area contributed by atoms with Gasteiger partial charge in [0.15, 0.2) is 5.82 Å². The zero-order valence-corrected chi connectivity index (χ0v) is 17.3. The summed E-state index contributed by atoms with van der Waals surface area (Å²) >= 11 is 0. The largest absolute Gasteiger partial charge is 0.378 e. The molecule has 0 saturated carbocycles. The second-order valence-electron chi connectivity index (χ2n) is 8.22. The van der Waals surface area contributed by atoms with Crippen LogP contribution in [0.2, 0.25) is 0 Å². The summed E-state index contributed by atoms with van der Waals surface area (Å²) in [7, 11) is 0. The van der Waals surface area contributed by atoms with Crippen molar-refractivity contribution in [2.24, 2.45) is 17.4 Å². The Kier molecular flexibility index (Phi) is 6.94. The first-order valence-corrected chi connectivity index (χ1v) is 10.6. The molecule has 0 aromatic carbocycles. The fourth-order valence-corrected chi connectivity index (χ4v) is 4.26. The van der Waals surface area contributed by atoms with Gasteiger partial charge in [0.1, 0.15) is 11.9 Å². The molecule has 4 heterocycles. The van der Waals surface area contributed by atoms with E-state index < -0.39 is 36.1 Å². The zero-order chi connectivity index (χ0) is 22.0. The van der Waals surface area contributed by atoms with Crippen LogP contribution in [0.4, 0.5) is 20.2 Å². The monoisotopic (exact) mass is 440 g/mol. The van der Waals surface area contributed by atoms with Crippen LogP contribution in [0.3, 0.4) is 0 Å². The van der Waals surface area contributed by atoms with Crippen LogP contribution in [0, 0.1) is 11.7 Å². The maximum atomic E-state index is 14.8. The predicted octanol–water partition coefficient (Wildman–Crippen LogP) is -1.60. The maximum absolute atomic E-state index is 14.8. The molecule has 3 aliphatic heterocycles. The van der Waals surface area contributed by atoms with Crippen molar-refractivity contribution in [1.82, 2.24) is 20.5 Å². The average Bonchev–Trinajstić information content (AvgIpc) is 2.69. The van der Waals surface area contributed by atoms with Crippen LogP contribution in [-0.2, 0) is 9.53 Å². The highest BCUT2D eigenvalue weighted by atomic mass is 19.1. The van der Waals surface area contributed by atoms with Crippen molar-refractivity contribution >= 4 is 17.3 Å². The van der Waals surface area contributed by atoms with Gasteiger partial charge in [0.2, 0.25) is 5.91 Å². The molecule has 0 radical (unpaired) electrons. The number of alkyl halides is 1. The van der Waals surface area contributed by atoms with E-state index in [9.17, 15) is 13.6 Å². The summed E-state index contributed by atoms with van der Waals surface area (Å²) in [5.41, 5.74) is 12.3. The Morgan fingerprint density at radius 1 is 1.19 bits per heavy atom. The van der Waals surface area contributed by atoms with Crippen LogP contribution in [0.15, 0.2) is 12.4 Å². The Morgan fingerprint density at radius 2 is 1.87 bits per heavy atom. The van der Waals surface area contributed by atoms with E-state index in [1.807, 2.05) is 4.90 Å². The van der Waals surface area contributed by atoms with Crippen LogP contribution in [0.5, 0.6) is 0 Å². The van der Waals surface area contributed by atoms with Crippen LogP contribution in [0.1, 0.15) is 0 Å². The first-order valence-electron chi connectivity index (χ1n) is 10.6. The number of nitrogens with one attached hydrogen (secondary N) is 3. The lowest BCUT2D eigenvalue weighted by molar-refractivity contribution is -0.122. The molecule has 3 fully saturated rings. The SMILES string of the molecule is NC(N)C(C(=O)Nc1cncc(F)c1N1CCN(C2COC2)CC1)C1NCC(F)CN1. The fourth-order valence-electron chi connectivity index (χ4n) is 4.26. The summed E-state index contributed by atoms with van der Waals surface area (Å²) in [4.78, 5) is 21.2. The van der Waals surface area contributed by atoms with E-state index in [0.717, 1.165) is 32.5 Å². The van der Waals surface area contributed by atoms with Crippen molar-refractivity contribution in [3.63, 3.8) is 0 Å². The van der Waals surface area contributed by atoms with Gasteiger partial charge in [-0.2, -0.15) is 0 Å². The van der Waals surface area contributed by atoms with Crippen LogP contribution in [-0.4, -0.2) is 92.8 Å². The van der Waals surface area contributed by atoms with Gasteiger partial charge < -0.3 is 26.4 Å². The van der Waals surface area contributed by atoms with E-state index in [-0.39, 0.29) is 18.8 Å². The Labute approximate surface area is 179 Å². The third-order valence-corrected chi connectivity index (χ3v) is 6.09. The van der Waals surface area contributed by atoms with Crippen molar-refractivity contribution in [2.45, 2.75) is 24.5 Å². The number of piperazine rings is 1. The van der Waals surface area contributed by atoms with E-state index in [2.05, 4.69) is 25.8 Å². The van der Waals surface area contributed by atoms with Gasteiger partial charge in [-0.25, -0.2) is 8.78 Å². The molecule has 1 unspecified atom stereocenters. The summed E-state index contributed by atoms with van der Waals surface area (Å²) in [5.74, 6) is -1.89. The highest BCUT2D eigenvalue weighted by molar-refractivity contribution is 5.96. The maximum Gasteiger partial charge on any atom is 0.233 e. The van der Waals surface area contributed by atoms with Gasteiger partial charge in [0.25, 0.3) is 0 Å². The van der Waals surface area contributed by atoms with Gasteiger partial charge in [0, 0.05) is 39.3 Å². The molecule has 1 amide bonds. The molecule has 10 nitrogen and oxygen atoms in total. The highest BCUT2D eigenvalue weighted by Gasteiger charge is 2.36. The normalized spacial score (nSPS) is 26.5. The molecule has 1 aromatic heterocycles. The lowest BCUT2D eigenvalue weighted by Gasteiger charge is -2.43. The van der Waals surface area contributed by atoms with Crippen molar-refractivity contribution in [3.05, 3.63) is 18.2 Å². The quantitative estimate of drug-likeness (QED) is 0.332. The van der Waals surface area contributed by atoms with Gasteiger partial charge >= 0.3 is 0 Å². The summed E-state index contributed by atoms with van der Waals surface area (Å²) < 4.78 is 33.4. The number of aromatic nitrogens is 1. The van der Waals surface area contributed by atoms with E-state index in [0.29, 0.717) is 24.8 Å². The molecule has 1 atom stereocenters. The van der Waals surface area contributed by atoms with Crippen molar-refractivity contribution in [1.29, 1.82) is 0 Å². The Morgan fingerprint density at radius 3 is 2.45 bits per heavy atom. The number of carbonyl (C=O) groups is 1. The van der Waals surface area contributed by atoms with Gasteiger partial charge in [-0.1, -0.05) is 0 Å². The number of anilines is 2. The lowest BCUT2D eigenvalue weighted by atomic mass is 9.99.